The molecule has 0 spiro atoms. The first kappa shape index (κ1) is 12.7. The van der Waals surface area contributed by atoms with E-state index in [1.54, 1.807) is 6.20 Å². The third-order valence-electron chi connectivity index (χ3n) is 4.30. The van der Waals surface area contributed by atoms with Crippen molar-refractivity contribution in [1.82, 2.24) is 20.0 Å². The van der Waals surface area contributed by atoms with Crippen LogP contribution in [0.1, 0.15) is 47.7 Å². The van der Waals surface area contributed by atoms with Gasteiger partial charge in [0, 0.05) is 32.1 Å². The average Bonchev–Trinajstić information content (AvgIpc) is 3.21. The average molecular weight is 262 g/mol. The Hall–Kier alpha value is -1.36. The Morgan fingerprint density at radius 3 is 2.89 bits per heavy atom. The van der Waals surface area contributed by atoms with Crippen LogP contribution < -0.4 is 5.32 Å². The summed E-state index contributed by atoms with van der Waals surface area (Å²) in [7, 11) is 3.91. The normalized spacial score (nSPS) is 23.7. The number of rotatable bonds is 3. The smallest absolute Gasteiger partial charge is 0.257 e. The molecule has 1 saturated heterocycles. The minimum atomic E-state index is 0.162. The summed E-state index contributed by atoms with van der Waals surface area (Å²) < 4.78 is 1.88. The fourth-order valence-electron chi connectivity index (χ4n) is 3.02. The Morgan fingerprint density at radius 1 is 1.42 bits per heavy atom. The Labute approximate surface area is 114 Å². The molecule has 19 heavy (non-hydrogen) atoms. The summed E-state index contributed by atoms with van der Waals surface area (Å²) in [4.78, 5) is 14.7. The summed E-state index contributed by atoms with van der Waals surface area (Å²) in [5.41, 5.74) is 1.96. The SMILES string of the molecule is CNC1CCCN(C(=O)c2cnn(C)c2C2CC2)C1. The van der Waals surface area contributed by atoms with E-state index in [1.807, 2.05) is 23.7 Å². The number of nitrogens with zero attached hydrogens (tertiary/aromatic N) is 3. The molecule has 2 heterocycles. The second kappa shape index (κ2) is 4.96. The van der Waals surface area contributed by atoms with Gasteiger partial charge in [0.25, 0.3) is 5.91 Å². The number of carbonyl (C=O) groups is 1. The van der Waals surface area contributed by atoms with Crippen molar-refractivity contribution >= 4 is 5.91 Å². The van der Waals surface area contributed by atoms with Gasteiger partial charge in [0.15, 0.2) is 0 Å². The van der Waals surface area contributed by atoms with Crippen molar-refractivity contribution in [3.05, 3.63) is 17.5 Å². The van der Waals surface area contributed by atoms with Crippen LogP contribution in [0.4, 0.5) is 0 Å². The molecule has 1 aromatic rings. The number of likely N-dealkylation sites (tertiary alicyclic amines) is 1. The summed E-state index contributed by atoms with van der Waals surface area (Å²) in [6.07, 6.45) is 6.37. The molecule has 3 rings (SSSR count). The molecule has 1 saturated carbocycles. The molecule has 1 N–H and O–H groups in total. The Balaban J connectivity index is 1.80. The van der Waals surface area contributed by atoms with E-state index in [2.05, 4.69) is 10.4 Å². The van der Waals surface area contributed by atoms with E-state index in [-0.39, 0.29) is 5.91 Å². The van der Waals surface area contributed by atoms with Crippen LogP contribution in [0.2, 0.25) is 0 Å². The molecule has 1 aromatic heterocycles. The second-order valence-electron chi connectivity index (χ2n) is 5.72. The molecule has 5 nitrogen and oxygen atoms in total. The highest BCUT2D eigenvalue weighted by Gasteiger charge is 2.33. The number of amides is 1. The van der Waals surface area contributed by atoms with Crippen molar-refractivity contribution in [1.29, 1.82) is 0 Å². The lowest BCUT2D eigenvalue weighted by molar-refractivity contribution is 0.0697. The van der Waals surface area contributed by atoms with Crippen molar-refractivity contribution in [2.45, 2.75) is 37.6 Å². The number of aryl methyl sites for hydroxylation is 1. The predicted octanol–water partition coefficient (Wildman–Crippen LogP) is 1.12. The van der Waals surface area contributed by atoms with Gasteiger partial charge in [-0.25, -0.2) is 0 Å². The van der Waals surface area contributed by atoms with Crippen LogP contribution in [0.25, 0.3) is 0 Å². The highest BCUT2D eigenvalue weighted by molar-refractivity contribution is 5.95. The summed E-state index contributed by atoms with van der Waals surface area (Å²) in [6.45, 7) is 1.68. The van der Waals surface area contributed by atoms with Gasteiger partial charge in [0.2, 0.25) is 0 Å². The van der Waals surface area contributed by atoms with Gasteiger partial charge < -0.3 is 10.2 Å². The number of piperidine rings is 1. The van der Waals surface area contributed by atoms with E-state index in [1.165, 1.54) is 12.8 Å². The quantitative estimate of drug-likeness (QED) is 0.888. The molecule has 1 aliphatic heterocycles. The van der Waals surface area contributed by atoms with E-state index in [0.29, 0.717) is 12.0 Å². The first-order valence-corrected chi connectivity index (χ1v) is 7.19. The van der Waals surface area contributed by atoms with Crippen LogP contribution >= 0.6 is 0 Å². The van der Waals surface area contributed by atoms with Gasteiger partial charge in [-0.2, -0.15) is 5.10 Å². The largest absolute Gasteiger partial charge is 0.337 e. The van der Waals surface area contributed by atoms with Gasteiger partial charge in [-0.1, -0.05) is 0 Å². The molecule has 2 fully saturated rings. The zero-order chi connectivity index (χ0) is 13.4. The highest BCUT2D eigenvalue weighted by Crippen LogP contribution is 2.41. The molecule has 1 unspecified atom stereocenters. The first-order valence-electron chi connectivity index (χ1n) is 7.19. The molecule has 0 aromatic carbocycles. The van der Waals surface area contributed by atoms with E-state index >= 15 is 0 Å². The Bertz CT molecular complexity index is 478. The summed E-state index contributed by atoms with van der Waals surface area (Å²) in [6, 6.07) is 0.429. The van der Waals surface area contributed by atoms with E-state index in [9.17, 15) is 4.79 Å². The van der Waals surface area contributed by atoms with Gasteiger partial charge in [0.05, 0.1) is 17.5 Å². The monoisotopic (exact) mass is 262 g/mol. The van der Waals surface area contributed by atoms with E-state index in [4.69, 9.17) is 0 Å². The number of likely N-dealkylation sites (N-methyl/N-ethyl adjacent to an activating group) is 1. The van der Waals surface area contributed by atoms with Gasteiger partial charge in [-0.3, -0.25) is 9.48 Å². The maximum Gasteiger partial charge on any atom is 0.257 e. The number of hydrogen-bond donors (Lipinski definition) is 1. The van der Waals surface area contributed by atoms with Crippen molar-refractivity contribution in [3.63, 3.8) is 0 Å². The lowest BCUT2D eigenvalue weighted by Gasteiger charge is -2.32. The second-order valence-corrected chi connectivity index (χ2v) is 5.72. The van der Waals surface area contributed by atoms with Crippen LogP contribution in [0.5, 0.6) is 0 Å². The Kier molecular flexibility index (Phi) is 3.31. The summed E-state index contributed by atoms with van der Waals surface area (Å²) >= 11 is 0. The van der Waals surface area contributed by atoms with Crippen molar-refractivity contribution in [2.75, 3.05) is 20.1 Å². The fraction of sp³-hybridized carbons (Fsp3) is 0.714. The highest BCUT2D eigenvalue weighted by atomic mass is 16.2. The zero-order valence-corrected chi connectivity index (χ0v) is 11.7. The summed E-state index contributed by atoms with van der Waals surface area (Å²) in [5.74, 6) is 0.714. The van der Waals surface area contributed by atoms with Crippen LogP contribution in [0, 0.1) is 0 Å². The predicted molar refractivity (Wildman–Crippen MR) is 73.2 cm³/mol. The molecular formula is C14H22N4O. The zero-order valence-electron chi connectivity index (χ0n) is 11.7. The molecule has 2 aliphatic rings. The van der Waals surface area contributed by atoms with Crippen LogP contribution in [-0.4, -0.2) is 46.8 Å². The number of nitrogens with one attached hydrogen (secondary N) is 1. The number of carbonyl (C=O) groups excluding carboxylic acids is 1. The minimum Gasteiger partial charge on any atom is -0.337 e. The molecule has 104 valence electrons. The lowest BCUT2D eigenvalue weighted by atomic mass is 10.0. The summed E-state index contributed by atoms with van der Waals surface area (Å²) in [5, 5.41) is 7.57. The minimum absolute atomic E-state index is 0.162. The van der Waals surface area contributed by atoms with Gasteiger partial charge in [0.1, 0.15) is 0 Å². The van der Waals surface area contributed by atoms with E-state index in [0.717, 1.165) is 37.2 Å². The maximum atomic E-state index is 12.7. The van der Waals surface area contributed by atoms with Gasteiger partial charge in [-0.15, -0.1) is 0 Å². The van der Waals surface area contributed by atoms with Crippen molar-refractivity contribution < 1.29 is 4.79 Å². The number of hydrogen-bond acceptors (Lipinski definition) is 3. The molecule has 1 amide bonds. The Morgan fingerprint density at radius 2 is 2.21 bits per heavy atom. The van der Waals surface area contributed by atoms with Crippen LogP contribution in [0.3, 0.4) is 0 Å². The lowest BCUT2D eigenvalue weighted by Crippen LogP contribution is -2.47. The molecule has 0 radical (unpaired) electrons. The van der Waals surface area contributed by atoms with Gasteiger partial charge >= 0.3 is 0 Å². The standard InChI is InChI=1S/C14H22N4O/c1-15-11-4-3-7-18(9-11)14(19)12-8-16-17(2)13(12)10-5-6-10/h8,10-11,15H,3-7,9H2,1-2H3. The molecule has 0 bridgehead atoms. The van der Waals surface area contributed by atoms with E-state index < -0.39 is 0 Å². The topological polar surface area (TPSA) is 50.2 Å². The third kappa shape index (κ3) is 2.39. The third-order valence-corrected chi connectivity index (χ3v) is 4.30. The number of aromatic nitrogens is 2. The van der Waals surface area contributed by atoms with Crippen LogP contribution in [-0.2, 0) is 7.05 Å². The fourth-order valence-corrected chi connectivity index (χ4v) is 3.02. The van der Waals surface area contributed by atoms with Gasteiger partial charge in [-0.05, 0) is 32.7 Å². The van der Waals surface area contributed by atoms with Crippen molar-refractivity contribution in [3.8, 4) is 0 Å². The maximum absolute atomic E-state index is 12.7. The van der Waals surface area contributed by atoms with Crippen LogP contribution in [0.15, 0.2) is 6.20 Å². The molecule has 5 heteroatoms. The molecular weight excluding hydrogens is 240 g/mol. The first-order chi connectivity index (χ1) is 9.20. The molecule has 1 atom stereocenters. The van der Waals surface area contributed by atoms with Crippen molar-refractivity contribution in [2.24, 2.45) is 7.05 Å². The molecule has 1 aliphatic carbocycles.